The van der Waals surface area contributed by atoms with Crippen molar-refractivity contribution in [1.82, 2.24) is 5.32 Å². The molecule has 3 nitrogen and oxygen atoms in total. The maximum atomic E-state index is 12.3. The van der Waals surface area contributed by atoms with Crippen molar-refractivity contribution < 1.29 is 18.4 Å². The molecule has 98 valence electrons. The number of nitrogens with one attached hydrogen (secondary N) is 1. The van der Waals surface area contributed by atoms with Crippen molar-refractivity contribution in [2.24, 2.45) is 0 Å². The Kier molecular flexibility index (Phi) is 5.31. The molecular formula is C11H16ClF2NO2. The van der Waals surface area contributed by atoms with Crippen LogP contribution in [0.1, 0.15) is 38.5 Å². The third-order valence-electron chi connectivity index (χ3n) is 3.17. The van der Waals surface area contributed by atoms with E-state index in [1.54, 1.807) is 0 Å². The van der Waals surface area contributed by atoms with Crippen molar-refractivity contribution in [3.8, 4) is 0 Å². The third-order valence-corrected chi connectivity index (χ3v) is 3.42. The number of hydrogen-bond donors (Lipinski definition) is 1. The molecule has 1 fully saturated rings. The standard InChI is InChI=1S/C11H16ClF2NO2/c12-7-8(16)11(15-10(17)9(13)14)5-3-1-2-4-6-11/h9H,1-7H2,(H,15,17). The highest BCUT2D eigenvalue weighted by Gasteiger charge is 2.40. The molecule has 0 aromatic rings. The fourth-order valence-corrected chi connectivity index (χ4v) is 2.48. The fourth-order valence-electron chi connectivity index (χ4n) is 2.22. The zero-order valence-electron chi connectivity index (χ0n) is 9.48. The van der Waals surface area contributed by atoms with Crippen molar-refractivity contribution in [3.05, 3.63) is 0 Å². The molecule has 0 aliphatic heterocycles. The molecule has 1 rings (SSSR count). The molecule has 0 atom stereocenters. The van der Waals surface area contributed by atoms with Crippen LogP contribution in [0.3, 0.4) is 0 Å². The topological polar surface area (TPSA) is 46.2 Å². The van der Waals surface area contributed by atoms with Gasteiger partial charge in [-0.05, 0) is 12.8 Å². The molecule has 0 bridgehead atoms. The Morgan fingerprint density at radius 2 is 1.71 bits per heavy atom. The molecular weight excluding hydrogens is 252 g/mol. The van der Waals surface area contributed by atoms with Crippen LogP contribution in [0.5, 0.6) is 0 Å². The van der Waals surface area contributed by atoms with Crippen LogP contribution in [0.2, 0.25) is 0 Å². The minimum atomic E-state index is -3.10. The van der Waals surface area contributed by atoms with Crippen LogP contribution in [0.25, 0.3) is 0 Å². The Morgan fingerprint density at radius 3 is 2.12 bits per heavy atom. The normalized spacial score (nSPS) is 19.8. The number of hydrogen-bond acceptors (Lipinski definition) is 2. The first kappa shape index (κ1) is 14.4. The number of rotatable bonds is 4. The lowest BCUT2D eigenvalue weighted by atomic mass is 9.86. The van der Waals surface area contributed by atoms with Gasteiger partial charge in [0, 0.05) is 0 Å². The average Bonchev–Trinajstić information content (AvgIpc) is 2.54. The number of Topliss-reactive ketones (excluding diaryl/α,β-unsaturated/α-hetero) is 1. The van der Waals surface area contributed by atoms with Gasteiger partial charge in [0.1, 0.15) is 0 Å². The number of carbonyl (C=O) groups excluding carboxylic acids is 2. The molecule has 0 aromatic carbocycles. The summed E-state index contributed by atoms with van der Waals surface area (Å²) in [5.74, 6) is -2.01. The van der Waals surface area contributed by atoms with Crippen LogP contribution in [0.15, 0.2) is 0 Å². The summed E-state index contributed by atoms with van der Waals surface area (Å²) in [6.07, 6.45) is 1.08. The molecule has 0 radical (unpaired) electrons. The Labute approximate surface area is 104 Å². The summed E-state index contributed by atoms with van der Waals surface area (Å²) in [5.41, 5.74) is -1.17. The maximum absolute atomic E-state index is 12.3. The average molecular weight is 268 g/mol. The van der Waals surface area contributed by atoms with Gasteiger partial charge in [-0.2, -0.15) is 8.78 Å². The van der Waals surface area contributed by atoms with Gasteiger partial charge in [-0.1, -0.05) is 25.7 Å². The Hall–Kier alpha value is -0.710. The SMILES string of the molecule is O=C(NC1(C(=O)CCl)CCCCCC1)C(F)F. The van der Waals surface area contributed by atoms with Crippen molar-refractivity contribution >= 4 is 23.3 Å². The molecule has 1 amide bonds. The molecule has 0 heterocycles. The Bertz CT molecular complexity index is 289. The molecule has 1 saturated carbocycles. The summed E-state index contributed by atoms with van der Waals surface area (Å²) in [6.45, 7) is 0. The molecule has 6 heteroatoms. The summed E-state index contributed by atoms with van der Waals surface area (Å²) in [4.78, 5) is 22.9. The monoisotopic (exact) mass is 267 g/mol. The lowest BCUT2D eigenvalue weighted by molar-refractivity contribution is -0.138. The lowest BCUT2D eigenvalue weighted by Crippen LogP contribution is -2.56. The van der Waals surface area contributed by atoms with E-state index in [1.165, 1.54) is 0 Å². The van der Waals surface area contributed by atoms with Crippen LogP contribution < -0.4 is 5.32 Å². The third kappa shape index (κ3) is 3.63. The highest BCUT2D eigenvalue weighted by atomic mass is 35.5. The van der Waals surface area contributed by atoms with E-state index < -0.39 is 17.9 Å². The first-order valence-electron chi connectivity index (χ1n) is 5.71. The van der Waals surface area contributed by atoms with E-state index in [0.29, 0.717) is 12.8 Å². The van der Waals surface area contributed by atoms with Gasteiger partial charge in [0.15, 0.2) is 5.78 Å². The predicted octanol–water partition coefficient (Wildman–Crippen LogP) is 2.27. The first-order chi connectivity index (χ1) is 8.02. The van der Waals surface area contributed by atoms with Crippen LogP contribution in [0, 0.1) is 0 Å². The smallest absolute Gasteiger partial charge is 0.315 e. The highest BCUT2D eigenvalue weighted by Crippen LogP contribution is 2.28. The van der Waals surface area contributed by atoms with E-state index in [1.807, 2.05) is 0 Å². The second-order valence-corrected chi connectivity index (χ2v) is 4.61. The lowest BCUT2D eigenvalue weighted by Gasteiger charge is -2.31. The van der Waals surface area contributed by atoms with Gasteiger partial charge in [0.05, 0.1) is 11.4 Å². The van der Waals surface area contributed by atoms with Gasteiger partial charge in [0.25, 0.3) is 5.91 Å². The van der Waals surface area contributed by atoms with E-state index >= 15 is 0 Å². The molecule has 1 aliphatic carbocycles. The van der Waals surface area contributed by atoms with Gasteiger partial charge >= 0.3 is 6.43 Å². The first-order valence-corrected chi connectivity index (χ1v) is 6.25. The van der Waals surface area contributed by atoms with Gasteiger partial charge in [-0.3, -0.25) is 9.59 Å². The Morgan fingerprint density at radius 1 is 1.18 bits per heavy atom. The fraction of sp³-hybridized carbons (Fsp3) is 0.818. The molecule has 0 unspecified atom stereocenters. The van der Waals surface area contributed by atoms with E-state index in [-0.39, 0.29) is 11.7 Å². The zero-order chi connectivity index (χ0) is 12.9. The molecule has 0 saturated heterocycles. The summed E-state index contributed by atoms with van der Waals surface area (Å²) in [7, 11) is 0. The van der Waals surface area contributed by atoms with Crippen molar-refractivity contribution in [3.63, 3.8) is 0 Å². The summed E-state index contributed by atoms with van der Waals surface area (Å²) in [5, 5.41) is 2.20. The zero-order valence-corrected chi connectivity index (χ0v) is 10.2. The van der Waals surface area contributed by atoms with E-state index in [9.17, 15) is 18.4 Å². The molecule has 0 spiro atoms. The van der Waals surface area contributed by atoms with Gasteiger partial charge in [-0.15, -0.1) is 11.6 Å². The number of halogens is 3. The van der Waals surface area contributed by atoms with Gasteiger partial charge in [0.2, 0.25) is 0 Å². The number of amides is 1. The van der Waals surface area contributed by atoms with Crippen molar-refractivity contribution in [2.75, 3.05) is 5.88 Å². The van der Waals surface area contributed by atoms with Gasteiger partial charge < -0.3 is 5.32 Å². The number of carbonyl (C=O) groups is 2. The quantitative estimate of drug-likeness (QED) is 0.627. The number of alkyl halides is 3. The van der Waals surface area contributed by atoms with Crippen LogP contribution in [-0.2, 0) is 9.59 Å². The molecule has 1 N–H and O–H groups in total. The number of ketones is 1. The minimum absolute atomic E-state index is 0.260. The van der Waals surface area contributed by atoms with Gasteiger partial charge in [-0.25, -0.2) is 0 Å². The van der Waals surface area contributed by atoms with E-state index in [4.69, 9.17) is 11.6 Å². The predicted molar refractivity (Wildman–Crippen MR) is 60.3 cm³/mol. The second-order valence-electron chi connectivity index (χ2n) is 4.34. The Balaban J connectivity index is 2.84. The highest BCUT2D eigenvalue weighted by molar-refractivity contribution is 6.29. The van der Waals surface area contributed by atoms with Crippen LogP contribution >= 0.6 is 11.6 Å². The summed E-state index contributed by atoms with van der Waals surface area (Å²) >= 11 is 5.50. The summed E-state index contributed by atoms with van der Waals surface area (Å²) < 4.78 is 24.5. The van der Waals surface area contributed by atoms with Crippen molar-refractivity contribution in [2.45, 2.75) is 50.5 Å². The molecule has 0 aromatic heterocycles. The minimum Gasteiger partial charge on any atom is -0.339 e. The van der Waals surface area contributed by atoms with Crippen LogP contribution in [0.4, 0.5) is 8.78 Å². The molecule has 17 heavy (non-hydrogen) atoms. The molecule has 1 aliphatic rings. The van der Waals surface area contributed by atoms with Crippen molar-refractivity contribution in [1.29, 1.82) is 0 Å². The maximum Gasteiger partial charge on any atom is 0.315 e. The van der Waals surface area contributed by atoms with E-state index in [2.05, 4.69) is 5.32 Å². The second kappa shape index (κ2) is 6.28. The van der Waals surface area contributed by atoms with Crippen LogP contribution in [-0.4, -0.2) is 29.5 Å². The van der Waals surface area contributed by atoms with E-state index in [0.717, 1.165) is 25.7 Å². The summed E-state index contributed by atoms with van der Waals surface area (Å²) in [6, 6.07) is 0. The largest absolute Gasteiger partial charge is 0.339 e.